The summed E-state index contributed by atoms with van der Waals surface area (Å²) in [5.74, 6) is 0.948. The Balaban J connectivity index is 1.95. The van der Waals surface area contributed by atoms with E-state index in [1.807, 2.05) is 12.1 Å². The van der Waals surface area contributed by atoms with Crippen LogP contribution in [0.5, 0.6) is 0 Å². The van der Waals surface area contributed by atoms with Gasteiger partial charge in [0.2, 0.25) is 0 Å². The second-order valence-electron chi connectivity index (χ2n) is 3.98. The maximum atomic E-state index is 8.76. The average Bonchev–Trinajstić information content (AvgIpc) is 2.40. The first-order chi connectivity index (χ1) is 8.38. The van der Waals surface area contributed by atoms with Crippen molar-refractivity contribution in [3.8, 4) is 6.07 Å². The van der Waals surface area contributed by atoms with E-state index in [4.69, 9.17) is 10.1 Å². The summed E-state index contributed by atoms with van der Waals surface area (Å²) in [6.45, 7) is 0. The molecule has 2 rings (SSSR count). The van der Waals surface area contributed by atoms with Gasteiger partial charge in [-0.2, -0.15) is 5.26 Å². The van der Waals surface area contributed by atoms with Gasteiger partial charge in [0.15, 0.2) is 0 Å². The Morgan fingerprint density at radius 3 is 3.06 bits per heavy atom. The maximum absolute atomic E-state index is 8.76. The van der Waals surface area contributed by atoms with Gasteiger partial charge >= 0.3 is 0 Å². The predicted octanol–water partition coefficient (Wildman–Crippen LogP) is 3.37. The van der Waals surface area contributed by atoms with Crippen LogP contribution in [0.15, 0.2) is 41.3 Å². The van der Waals surface area contributed by atoms with Crippen molar-refractivity contribution in [2.24, 2.45) is 5.16 Å². The van der Waals surface area contributed by atoms with E-state index in [9.17, 15) is 0 Å². The molecule has 0 spiro atoms. The van der Waals surface area contributed by atoms with Crippen molar-refractivity contribution in [3.63, 3.8) is 0 Å². The molecule has 0 unspecified atom stereocenters. The molecule has 0 radical (unpaired) electrons. The summed E-state index contributed by atoms with van der Waals surface area (Å²) in [5, 5.41) is 12.7. The molecule has 0 bridgehead atoms. The summed E-state index contributed by atoms with van der Waals surface area (Å²) in [6, 6.07) is 9.36. The van der Waals surface area contributed by atoms with Crippen LogP contribution in [0.3, 0.4) is 0 Å². The number of oxime groups is 1. The van der Waals surface area contributed by atoms with Crippen molar-refractivity contribution >= 4 is 6.21 Å². The lowest BCUT2D eigenvalue weighted by atomic mass is 10.1. The lowest BCUT2D eigenvalue weighted by molar-refractivity contribution is 0.210. The third-order valence-electron chi connectivity index (χ3n) is 2.64. The van der Waals surface area contributed by atoms with Crippen molar-refractivity contribution < 1.29 is 4.84 Å². The summed E-state index contributed by atoms with van der Waals surface area (Å²) in [5.41, 5.74) is 1.51. The first-order valence-electron chi connectivity index (χ1n) is 5.78. The molecule has 1 aliphatic rings. The van der Waals surface area contributed by atoms with Crippen LogP contribution in [-0.4, -0.2) is 6.21 Å². The summed E-state index contributed by atoms with van der Waals surface area (Å²) < 4.78 is 0. The van der Waals surface area contributed by atoms with E-state index in [2.05, 4.69) is 17.3 Å². The molecular formula is C14H14N2O. The minimum absolute atomic E-state index is 0.630. The zero-order valence-electron chi connectivity index (χ0n) is 9.60. The summed E-state index contributed by atoms with van der Waals surface area (Å²) in [7, 11) is 0. The Labute approximate surface area is 101 Å². The smallest absolute Gasteiger partial charge is 0.131 e. The molecule has 3 heteroatoms. The molecule has 0 aromatic heterocycles. The number of rotatable bonds is 3. The number of hydrogen-bond donors (Lipinski definition) is 0. The molecule has 0 saturated carbocycles. The van der Waals surface area contributed by atoms with Gasteiger partial charge in [-0.05, 0) is 43.0 Å². The molecule has 0 saturated heterocycles. The molecule has 1 aromatic rings. The van der Waals surface area contributed by atoms with E-state index in [-0.39, 0.29) is 0 Å². The topological polar surface area (TPSA) is 45.4 Å². The molecule has 1 aromatic carbocycles. The highest BCUT2D eigenvalue weighted by Gasteiger charge is 2.03. The van der Waals surface area contributed by atoms with Crippen molar-refractivity contribution in [1.82, 2.24) is 0 Å². The highest BCUT2D eigenvalue weighted by molar-refractivity contribution is 5.79. The molecule has 3 nitrogen and oxygen atoms in total. The largest absolute Gasteiger partial charge is 0.362 e. The first-order valence-corrected chi connectivity index (χ1v) is 5.78. The number of allylic oxidation sites excluding steroid dienone is 2. The standard InChI is InChI=1S/C14H14N2O/c15-10-12-5-4-6-13(9-12)11-16-17-14-7-2-1-3-8-14/h4-7,9,11H,1-3,8H2. The van der Waals surface area contributed by atoms with Gasteiger partial charge in [0.1, 0.15) is 5.76 Å². The van der Waals surface area contributed by atoms with Crippen molar-refractivity contribution in [1.29, 1.82) is 5.26 Å². The Morgan fingerprint density at radius 1 is 1.35 bits per heavy atom. The Bertz CT molecular complexity index is 483. The molecule has 86 valence electrons. The molecule has 0 aliphatic heterocycles. The fraction of sp³-hybridized carbons (Fsp3) is 0.286. The Kier molecular flexibility index (Phi) is 3.93. The number of nitrogens with zero attached hydrogens (tertiary/aromatic N) is 2. The van der Waals surface area contributed by atoms with Gasteiger partial charge in [-0.1, -0.05) is 17.3 Å². The number of nitriles is 1. The number of benzene rings is 1. The summed E-state index contributed by atoms with van der Waals surface area (Å²) in [4.78, 5) is 5.31. The minimum atomic E-state index is 0.630. The molecular weight excluding hydrogens is 212 g/mol. The fourth-order valence-corrected chi connectivity index (χ4v) is 1.74. The van der Waals surface area contributed by atoms with Crippen LogP contribution in [-0.2, 0) is 4.84 Å². The number of hydrogen-bond acceptors (Lipinski definition) is 3. The van der Waals surface area contributed by atoms with Crippen LogP contribution in [0.1, 0.15) is 36.8 Å². The molecule has 0 heterocycles. The highest BCUT2D eigenvalue weighted by atomic mass is 16.6. The molecule has 0 atom stereocenters. The SMILES string of the molecule is N#Cc1cccc(C=NOC2=CCCCC2)c1. The van der Waals surface area contributed by atoms with Crippen LogP contribution < -0.4 is 0 Å². The summed E-state index contributed by atoms with van der Waals surface area (Å²) in [6.07, 6.45) is 8.18. The second kappa shape index (κ2) is 5.86. The van der Waals surface area contributed by atoms with Crippen molar-refractivity contribution in [2.45, 2.75) is 25.7 Å². The van der Waals surface area contributed by atoms with Gasteiger partial charge in [0.25, 0.3) is 0 Å². The van der Waals surface area contributed by atoms with Crippen LogP contribution in [0.25, 0.3) is 0 Å². The van der Waals surface area contributed by atoms with Crippen LogP contribution in [0, 0.1) is 11.3 Å². The van der Waals surface area contributed by atoms with Gasteiger partial charge in [0.05, 0.1) is 17.8 Å². The maximum Gasteiger partial charge on any atom is 0.131 e. The van der Waals surface area contributed by atoms with Gasteiger partial charge < -0.3 is 4.84 Å². The average molecular weight is 226 g/mol. The third kappa shape index (κ3) is 3.46. The Hall–Kier alpha value is -2.08. The van der Waals surface area contributed by atoms with E-state index >= 15 is 0 Å². The van der Waals surface area contributed by atoms with Crippen LogP contribution >= 0.6 is 0 Å². The summed E-state index contributed by atoms with van der Waals surface area (Å²) >= 11 is 0. The monoisotopic (exact) mass is 226 g/mol. The minimum Gasteiger partial charge on any atom is -0.362 e. The molecule has 17 heavy (non-hydrogen) atoms. The van der Waals surface area contributed by atoms with Crippen molar-refractivity contribution in [2.75, 3.05) is 0 Å². The van der Waals surface area contributed by atoms with E-state index < -0.39 is 0 Å². The molecule has 0 fully saturated rings. The molecule has 1 aliphatic carbocycles. The Morgan fingerprint density at radius 2 is 2.29 bits per heavy atom. The van der Waals surface area contributed by atoms with E-state index in [0.717, 1.165) is 24.2 Å². The first kappa shape index (κ1) is 11.4. The van der Waals surface area contributed by atoms with Crippen LogP contribution in [0.4, 0.5) is 0 Å². The van der Waals surface area contributed by atoms with Crippen molar-refractivity contribution in [3.05, 3.63) is 47.2 Å². The van der Waals surface area contributed by atoms with E-state index in [1.54, 1.807) is 18.3 Å². The van der Waals surface area contributed by atoms with E-state index in [0.29, 0.717) is 5.56 Å². The lowest BCUT2D eigenvalue weighted by Gasteiger charge is -2.08. The third-order valence-corrected chi connectivity index (χ3v) is 2.64. The van der Waals surface area contributed by atoms with Gasteiger partial charge in [0, 0.05) is 6.42 Å². The van der Waals surface area contributed by atoms with Gasteiger partial charge in [-0.25, -0.2) is 0 Å². The quantitative estimate of drug-likeness (QED) is 0.586. The molecule has 0 N–H and O–H groups in total. The molecule has 0 amide bonds. The van der Waals surface area contributed by atoms with Gasteiger partial charge in [-0.15, -0.1) is 0 Å². The van der Waals surface area contributed by atoms with E-state index in [1.165, 1.54) is 12.8 Å². The van der Waals surface area contributed by atoms with Gasteiger partial charge in [-0.3, -0.25) is 0 Å². The fourth-order valence-electron chi connectivity index (χ4n) is 1.74. The second-order valence-corrected chi connectivity index (χ2v) is 3.98. The predicted molar refractivity (Wildman–Crippen MR) is 66.4 cm³/mol. The highest BCUT2D eigenvalue weighted by Crippen LogP contribution is 2.18. The van der Waals surface area contributed by atoms with Crippen LogP contribution in [0.2, 0.25) is 0 Å². The zero-order chi connectivity index (χ0) is 11.9. The normalized spacial score (nSPS) is 15.4. The lowest BCUT2D eigenvalue weighted by Crippen LogP contribution is -1.93. The zero-order valence-corrected chi connectivity index (χ0v) is 9.60.